The maximum atomic E-state index is 12.3. The number of carbonyl (C=O) groups is 2. The quantitative estimate of drug-likeness (QED) is 0.691. The van der Waals surface area contributed by atoms with Crippen LogP contribution in [0, 0.1) is 0 Å². The van der Waals surface area contributed by atoms with E-state index in [-0.39, 0.29) is 30.2 Å². The van der Waals surface area contributed by atoms with E-state index in [0.29, 0.717) is 21.6 Å². The van der Waals surface area contributed by atoms with Crippen molar-refractivity contribution < 1.29 is 9.59 Å². The lowest BCUT2D eigenvalue weighted by molar-refractivity contribution is -0.121. The Balaban J connectivity index is 1.62. The summed E-state index contributed by atoms with van der Waals surface area (Å²) in [6.45, 7) is 0. The summed E-state index contributed by atoms with van der Waals surface area (Å²) < 4.78 is 1.44. The first kappa shape index (κ1) is 16.8. The number of para-hydroxylation sites is 1. The molecule has 7 nitrogen and oxygen atoms in total. The number of aromatic nitrogens is 2. The van der Waals surface area contributed by atoms with Gasteiger partial charge in [-0.15, -0.1) is 11.3 Å². The molecule has 0 saturated carbocycles. The predicted molar refractivity (Wildman–Crippen MR) is 95.2 cm³/mol. The Labute approximate surface area is 147 Å². The van der Waals surface area contributed by atoms with Crippen molar-refractivity contribution in [1.29, 1.82) is 0 Å². The second-order valence-electron chi connectivity index (χ2n) is 5.39. The fourth-order valence-electron chi connectivity index (χ4n) is 2.37. The van der Waals surface area contributed by atoms with Gasteiger partial charge in [0.2, 0.25) is 5.91 Å². The minimum Gasteiger partial charge on any atom is -0.299 e. The monoisotopic (exact) mass is 356 g/mol. The Morgan fingerprint density at radius 1 is 1.16 bits per heavy atom. The summed E-state index contributed by atoms with van der Waals surface area (Å²) in [4.78, 5) is 40.9. The van der Waals surface area contributed by atoms with Gasteiger partial charge in [-0.3, -0.25) is 29.8 Å². The molecule has 0 radical (unpaired) electrons. The lowest BCUT2D eigenvalue weighted by Gasteiger charge is -2.10. The molecule has 0 spiro atoms. The zero-order valence-corrected chi connectivity index (χ0v) is 14.3. The van der Waals surface area contributed by atoms with Crippen LogP contribution in [0.1, 0.15) is 21.9 Å². The van der Waals surface area contributed by atoms with Crippen molar-refractivity contribution in [3.05, 3.63) is 62.8 Å². The summed E-state index contributed by atoms with van der Waals surface area (Å²) >= 11 is 1.29. The third-order valence-corrected chi connectivity index (χ3v) is 4.58. The van der Waals surface area contributed by atoms with Crippen molar-refractivity contribution >= 4 is 34.1 Å². The van der Waals surface area contributed by atoms with Gasteiger partial charge in [-0.25, -0.2) is 4.98 Å². The van der Waals surface area contributed by atoms with Crippen molar-refractivity contribution in [2.45, 2.75) is 12.8 Å². The highest BCUT2D eigenvalue weighted by atomic mass is 32.1. The number of hydrazine groups is 1. The van der Waals surface area contributed by atoms with Crippen molar-refractivity contribution in [2.75, 3.05) is 0 Å². The molecule has 0 saturated heterocycles. The molecular formula is C17H16N4O3S. The fraction of sp³-hybridized carbons (Fsp3) is 0.176. The largest absolute Gasteiger partial charge is 0.299 e. The molecule has 2 heterocycles. The predicted octanol–water partition coefficient (Wildman–Crippen LogP) is 1.39. The highest BCUT2D eigenvalue weighted by molar-refractivity contribution is 7.12. The van der Waals surface area contributed by atoms with Crippen LogP contribution in [0.15, 0.2) is 46.6 Å². The molecule has 0 fully saturated rings. The van der Waals surface area contributed by atoms with E-state index < -0.39 is 0 Å². The number of thiophene rings is 1. The molecule has 0 aliphatic heterocycles. The van der Waals surface area contributed by atoms with Crippen molar-refractivity contribution in [3.63, 3.8) is 0 Å². The van der Waals surface area contributed by atoms with Crippen LogP contribution in [-0.4, -0.2) is 21.4 Å². The molecule has 25 heavy (non-hydrogen) atoms. The zero-order chi connectivity index (χ0) is 17.8. The lowest BCUT2D eigenvalue weighted by Crippen LogP contribution is -2.41. The standard InChI is InChI=1S/C17H16N4O3S/c1-21-14(18-12-6-3-2-5-11(12)17(21)24)8-9-15(22)19-20-16(23)13-7-4-10-25-13/h2-7,10H,8-9H2,1H3,(H,19,22)(H,20,23). The normalized spacial score (nSPS) is 10.6. The molecule has 8 heteroatoms. The smallest absolute Gasteiger partial charge is 0.279 e. The number of hydrogen-bond acceptors (Lipinski definition) is 5. The summed E-state index contributed by atoms with van der Waals surface area (Å²) in [5, 5.41) is 2.32. The van der Waals surface area contributed by atoms with Gasteiger partial charge in [0, 0.05) is 19.9 Å². The average molecular weight is 356 g/mol. The van der Waals surface area contributed by atoms with Gasteiger partial charge in [0.15, 0.2) is 0 Å². The van der Waals surface area contributed by atoms with Gasteiger partial charge in [-0.2, -0.15) is 0 Å². The third kappa shape index (κ3) is 3.74. The maximum absolute atomic E-state index is 12.3. The Bertz CT molecular complexity index is 979. The van der Waals surface area contributed by atoms with Crippen LogP contribution in [-0.2, 0) is 18.3 Å². The first-order chi connectivity index (χ1) is 12.1. The second kappa shape index (κ2) is 7.27. The molecule has 3 aromatic rings. The molecule has 0 unspecified atom stereocenters. The van der Waals surface area contributed by atoms with Crippen LogP contribution >= 0.6 is 11.3 Å². The number of rotatable bonds is 4. The van der Waals surface area contributed by atoms with E-state index >= 15 is 0 Å². The third-order valence-electron chi connectivity index (χ3n) is 3.71. The van der Waals surface area contributed by atoms with E-state index in [0.717, 1.165) is 0 Å². The number of hydrogen-bond donors (Lipinski definition) is 2. The zero-order valence-electron chi connectivity index (χ0n) is 13.5. The van der Waals surface area contributed by atoms with Crippen molar-refractivity contribution in [2.24, 2.45) is 7.05 Å². The molecule has 1 aromatic carbocycles. The molecule has 0 aliphatic rings. The fourth-order valence-corrected chi connectivity index (χ4v) is 2.99. The number of nitrogens with one attached hydrogen (secondary N) is 2. The Kier molecular flexibility index (Phi) is 4.90. The van der Waals surface area contributed by atoms with Gasteiger partial charge in [-0.1, -0.05) is 18.2 Å². The molecule has 3 rings (SSSR count). The van der Waals surface area contributed by atoms with E-state index in [1.807, 2.05) is 6.07 Å². The molecule has 0 atom stereocenters. The number of amides is 2. The van der Waals surface area contributed by atoms with Crippen LogP contribution < -0.4 is 16.4 Å². The summed E-state index contributed by atoms with van der Waals surface area (Å²) in [6, 6.07) is 10.5. The van der Waals surface area contributed by atoms with Gasteiger partial charge in [0.05, 0.1) is 15.8 Å². The van der Waals surface area contributed by atoms with Gasteiger partial charge in [-0.05, 0) is 23.6 Å². The minimum atomic E-state index is -0.361. The number of fused-ring (bicyclic) bond motifs is 1. The first-order valence-electron chi connectivity index (χ1n) is 7.63. The van der Waals surface area contributed by atoms with E-state index in [1.165, 1.54) is 15.9 Å². The molecule has 2 amide bonds. The number of benzene rings is 1. The van der Waals surface area contributed by atoms with E-state index in [1.54, 1.807) is 42.8 Å². The summed E-state index contributed by atoms with van der Waals surface area (Å²) in [7, 11) is 1.63. The summed E-state index contributed by atoms with van der Waals surface area (Å²) in [6.07, 6.45) is 0.390. The molecule has 2 aromatic heterocycles. The highest BCUT2D eigenvalue weighted by Gasteiger charge is 2.11. The number of aryl methyl sites for hydroxylation is 1. The Hall–Kier alpha value is -3.00. The second-order valence-corrected chi connectivity index (χ2v) is 6.34. The van der Waals surface area contributed by atoms with Crippen molar-refractivity contribution in [3.8, 4) is 0 Å². The molecule has 0 aliphatic carbocycles. The van der Waals surface area contributed by atoms with Crippen LogP contribution in [0.25, 0.3) is 10.9 Å². The first-order valence-corrected chi connectivity index (χ1v) is 8.51. The SMILES string of the molecule is Cn1c(CCC(=O)NNC(=O)c2cccs2)nc2ccccc2c1=O. The maximum Gasteiger partial charge on any atom is 0.279 e. The van der Waals surface area contributed by atoms with Gasteiger partial charge in [0.1, 0.15) is 5.82 Å². The van der Waals surface area contributed by atoms with Crippen LogP contribution in [0.2, 0.25) is 0 Å². The van der Waals surface area contributed by atoms with Crippen LogP contribution in [0.4, 0.5) is 0 Å². The topological polar surface area (TPSA) is 93.1 Å². The number of nitrogens with zero attached hydrogens (tertiary/aromatic N) is 2. The van der Waals surface area contributed by atoms with Gasteiger partial charge >= 0.3 is 0 Å². The van der Waals surface area contributed by atoms with E-state index in [4.69, 9.17) is 0 Å². The lowest BCUT2D eigenvalue weighted by atomic mass is 10.2. The Morgan fingerprint density at radius 3 is 2.72 bits per heavy atom. The van der Waals surface area contributed by atoms with Crippen molar-refractivity contribution in [1.82, 2.24) is 20.4 Å². The molecular weight excluding hydrogens is 340 g/mol. The molecule has 2 N–H and O–H groups in total. The Morgan fingerprint density at radius 2 is 1.96 bits per heavy atom. The van der Waals surface area contributed by atoms with E-state index in [2.05, 4.69) is 15.8 Å². The number of carbonyl (C=O) groups excluding carboxylic acids is 2. The van der Waals surface area contributed by atoms with E-state index in [9.17, 15) is 14.4 Å². The average Bonchev–Trinajstić information content (AvgIpc) is 3.16. The molecule has 0 bridgehead atoms. The summed E-state index contributed by atoms with van der Waals surface area (Å²) in [5.41, 5.74) is 5.18. The molecule has 128 valence electrons. The highest BCUT2D eigenvalue weighted by Crippen LogP contribution is 2.09. The van der Waals surface area contributed by atoms with Crippen LogP contribution in [0.3, 0.4) is 0 Å². The van der Waals surface area contributed by atoms with Gasteiger partial charge in [0.25, 0.3) is 11.5 Å². The van der Waals surface area contributed by atoms with Crippen LogP contribution in [0.5, 0.6) is 0 Å². The minimum absolute atomic E-state index is 0.101. The van der Waals surface area contributed by atoms with Gasteiger partial charge < -0.3 is 0 Å². The summed E-state index contributed by atoms with van der Waals surface area (Å²) in [5.74, 6) is -0.199.